The molecule has 19 heavy (non-hydrogen) atoms. The van der Waals surface area contributed by atoms with Crippen LogP contribution in [-0.4, -0.2) is 31.1 Å². The minimum absolute atomic E-state index is 0. The fourth-order valence-corrected chi connectivity index (χ4v) is 3.49. The van der Waals surface area contributed by atoms with Crippen molar-refractivity contribution in [1.29, 1.82) is 0 Å². The molecule has 0 spiro atoms. The second-order valence-electron chi connectivity index (χ2n) is 5.76. The van der Waals surface area contributed by atoms with Crippen molar-refractivity contribution in [2.24, 2.45) is 5.92 Å². The smallest absolute Gasteiger partial charge is 0.0348 e. The van der Waals surface area contributed by atoms with Crippen LogP contribution in [0.15, 0.2) is 30.3 Å². The summed E-state index contributed by atoms with van der Waals surface area (Å²) in [5.74, 6) is 0.913. The van der Waals surface area contributed by atoms with E-state index in [9.17, 15) is 0 Å². The van der Waals surface area contributed by atoms with Gasteiger partial charge in [-0.25, -0.2) is 0 Å². The first-order valence-electron chi connectivity index (χ1n) is 7.43. The number of rotatable bonds is 3. The molecule has 2 fully saturated rings. The Balaban J connectivity index is 0.00000133. The molecule has 106 valence electrons. The lowest BCUT2D eigenvalue weighted by atomic mass is 9.96. The zero-order chi connectivity index (χ0) is 12.2. The first kappa shape index (κ1) is 14.8. The van der Waals surface area contributed by atoms with E-state index in [-0.39, 0.29) is 12.4 Å². The maximum atomic E-state index is 3.46. The number of piperidine rings is 1. The minimum Gasteiger partial charge on any atom is -0.317 e. The van der Waals surface area contributed by atoms with Crippen LogP contribution in [0.4, 0.5) is 0 Å². The van der Waals surface area contributed by atoms with Crippen molar-refractivity contribution in [1.82, 2.24) is 10.2 Å². The lowest BCUT2D eigenvalue weighted by Crippen LogP contribution is -2.36. The summed E-state index contributed by atoms with van der Waals surface area (Å²) in [6, 6.07) is 11.8. The Labute approximate surface area is 123 Å². The van der Waals surface area contributed by atoms with E-state index < -0.39 is 0 Å². The van der Waals surface area contributed by atoms with Gasteiger partial charge in [0.25, 0.3) is 0 Å². The molecule has 2 heterocycles. The first-order chi connectivity index (χ1) is 8.93. The molecule has 0 saturated carbocycles. The third-order valence-electron chi connectivity index (χ3n) is 4.50. The maximum absolute atomic E-state index is 3.46. The second kappa shape index (κ2) is 7.28. The molecule has 1 unspecified atom stereocenters. The third-order valence-corrected chi connectivity index (χ3v) is 4.50. The molecule has 1 aromatic carbocycles. The van der Waals surface area contributed by atoms with Crippen molar-refractivity contribution in [2.75, 3.05) is 26.2 Å². The quantitative estimate of drug-likeness (QED) is 0.914. The van der Waals surface area contributed by atoms with Crippen LogP contribution in [0, 0.1) is 5.92 Å². The standard InChI is InChI=1S/C16H24N2.ClH/c1-2-5-15(6-3-1)16-7-4-12-18(16)13-14-8-10-17-11-9-14;/h1-3,5-6,14,16-17H,4,7-13H2;1H. The molecule has 2 saturated heterocycles. The van der Waals surface area contributed by atoms with Gasteiger partial charge in [-0.05, 0) is 56.8 Å². The van der Waals surface area contributed by atoms with Crippen LogP contribution < -0.4 is 5.32 Å². The molecule has 2 aliphatic rings. The molecule has 1 aromatic rings. The minimum atomic E-state index is 0. The van der Waals surface area contributed by atoms with Crippen molar-refractivity contribution in [2.45, 2.75) is 31.7 Å². The van der Waals surface area contributed by atoms with Crippen LogP contribution in [0.2, 0.25) is 0 Å². The van der Waals surface area contributed by atoms with E-state index in [2.05, 4.69) is 40.5 Å². The average Bonchev–Trinajstić information content (AvgIpc) is 2.89. The molecule has 0 amide bonds. The molecule has 2 aliphatic heterocycles. The Morgan fingerprint density at radius 2 is 1.79 bits per heavy atom. The van der Waals surface area contributed by atoms with Crippen molar-refractivity contribution in [3.8, 4) is 0 Å². The average molecular weight is 281 g/mol. The maximum Gasteiger partial charge on any atom is 0.0348 e. The number of likely N-dealkylation sites (tertiary alicyclic amines) is 1. The largest absolute Gasteiger partial charge is 0.317 e. The highest BCUT2D eigenvalue weighted by Crippen LogP contribution is 2.33. The first-order valence-corrected chi connectivity index (χ1v) is 7.43. The molecule has 1 N–H and O–H groups in total. The van der Waals surface area contributed by atoms with Crippen LogP contribution in [0.1, 0.15) is 37.3 Å². The lowest BCUT2D eigenvalue weighted by molar-refractivity contribution is 0.193. The molecule has 0 radical (unpaired) electrons. The lowest BCUT2D eigenvalue weighted by Gasteiger charge is -2.31. The van der Waals surface area contributed by atoms with Gasteiger partial charge in [-0.2, -0.15) is 0 Å². The molecule has 0 aliphatic carbocycles. The highest BCUT2D eigenvalue weighted by Gasteiger charge is 2.28. The molecule has 1 atom stereocenters. The number of nitrogens with one attached hydrogen (secondary N) is 1. The van der Waals surface area contributed by atoms with Gasteiger partial charge in [0.2, 0.25) is 0 Å². The summed E-state index contributed by atoms with van der Waals surface area (Å²) in [6.45, 7) is 5.04. The Hall–Kier alpha value is -0.570. The van der Waals surface area contributed by atoms with Crippen LogP contribution in [0.25, 0.3) is 0 Å². The zero-order valence-corrected chi connectivity index (χ0v) is 12.4. The number of halogens is 1. The normalized spacial score (nSPS) is 25.2. The van der Waals surface area contributed by atoms with E-state index >= 15 is 0 Å². The summed E-state index contributed by atoms with van der Waals surface area (Å²) >= 11 is 0. The topological polar surface area (TPSA) is 15.3 Å². The van der Waals surface area contributed by atoms with Crippen molar-refractivity contribution in [3.63, 3.8) is 0 Å². The molecular weight excluding hydrogens is 256 g/mol. The van der Waals surface area contributed by atoms with E-state index in [1.54, 1.807) is 0 Å². The second-order valence-corrected chi connectivity index (χ2v) is 5.76. The van der Waals surface area contributed by atoms with Gasteiger partial charge in [-0.15, -0.1) is 12.4 Å². The van der Waals surface area contributed by atoms with Gasteiger partial charge >= 0.3 is 0 Å². The molecule has 3 heteroatoms. The van der Waals surface area contributed by atoms with Gasteiger partial charge < -0.3 is 5.32 Å². The van der Waals surface area contributed by atoms with Gasteiger partial charge in [0, 0.05) is 12.6 Å². The number of benzene rings is 1. The van der Waals surface area contributed by atoms with Gasteiger partial charge in [0.1, 0.15) is 0 Å². The van der Waals surface area contributed by atoms with Crippen LogP contribution in [0.3, 0.4) is 0 Å². The molecule has 3 rings (SSSR count). The van der Waals surface area contributed by atoms with Crippen LogP contribution in [-0.2, 0) is 0 Å². The van der Waals surface area contributed by atoms with E-state index in [1.165, 1.54) is 57.4 Å². The van der Waals surface area contributed by atoms with Crippen molar-refractivity contribution in [3.05, 3.63) is 35.9 Å². The van der Waals surface area contributed by atoms with Crippen molar-refractivity contribution < 1.29 is 0 Å². The Morgan fingerprint density at radius 1 is 1.05 bits per heavy atom. The van der Waals surface area contributed by atoms with E-state index in [0.29, 0.717) is 6.04 Å². The van der Waals surface area contributed by atoms with Crippen LogP contribution in [0.5, 0.6) is 0 Å². The van der Waals surface area contributed by atoms with Gasteiger partial charge in [0.15, 0.2) is 0 Å². The number of nitrogens with zero attached hydrogens (tertiary/aromatic N) is 1. The van der Waals surface area contributed by atoms with Gasteiger partial charge in [0.05, 0.1) is 0 Å². The van der Waals surface area contributed by atoms with E-state index in [0.717, 1.165) is 5.92 Å². The zero-order valence-electron chi connectivity index (χ0n) is 11.6. The van der Waals surface area contributed by atoms with Gasteiger partial charge in [-0.1, -0.05) is 30.3 Å². The molecule has 0 aromatic heterocycles. The summed E-state index contributed by atoms with van der Waals surface area (Å²) in [4.78, 5) is 2.73. The Bertz CT molecular complexity index is 362. The summed E-state index contributed by atoms with van der Waals surface area (Å²) < 4.78 is 0. The summed E-state index contributed by atoms with van der Waals surface area (Å²) in [5, 5.41) is 3.46. The summed E-state index contributed by atoms with van der Waals surface area (Å²) in [5.41, 5.74) is 1.52. The van der Waals surface area contributed by atoms with Crippen LogP contribution >= 0.6 is 12.4 Å². The highest BCUT2D eigenvalue weighted by atomic mass is 35.5. The molecule has 2 nitrogen and oxygen atoms in total. The predicted octanol–water partition coefficient (Wildman–Crippen LogP) is 3.24. The van der Waals surface area contributed by atoms with E-state index in [4.69, 9.17) is 0 Å². The van der Waals surface area contributed by atoms with Gasteiger partial charge in [-0.3, -0.25) is 4.90 Å². The molecular formula is C16H25ClN2. The fraction of sp³-hybridized carbons (Fsp3) is 0.625. The number of hydrogen-bond donors (Lipinski definition) is 1. The molecule has 0 bridgehead atoms. The summed E-state index contributed by atoms with van der Waals surface area (Å²) in [7, 11) is 0. The summed E-state index contributed by atoms with van der Waals surface area (Å²) in [6.07, 6.45) is 5.43. The Morgan fingerprint density at radius 3 is 2.53 bits per heavy atom. The number of hydrogen-bond acceptors (Lipinski definition) is 2. The Kier molecular flexibility index (Phi) is 5.68. The SMILES string of the molecule is Cl.c1ccc(C2CCCN2CC2CCNCC2)cc1. The highest BCUT2D eigenvalue weighted by molar-refractivity contribution is 5.85. The fourth-order valence-electron chi connectivity index (χ4n) is 3.49. The van der Waals surface area contributed by atoms with E-state index in [1.807, 2.05) is 0 Å². The third kappa shape index (κ3) is 3.71. The van der Waals surface area contributed by atoms with Crippen molar-refractivity contribution >= 4 is 12.4 Å². The monoisotopic (exact) mass is 280 g/mol. The predicted molar refractivity (Wildman–Crippen MR) is 82.8 cm³/mol.